The van der Waals surface area contributed by atoms with Crippen molar-refractivity contribution in [3.63, 3.8) is 0 Å². The molecule has 2 aromatic carbocycles. The topological polar surface area (TPSA) is 68.3 Å². The number of hydrogen-bond acceptors (Lipinski definition) is 5. The number of ketones is 1. The largest absolute Gasteiger partial charge is 0.497 e. The Morgan fingerprint density at radius 3 is 2.30 bits per heavy atom. The molecular weight excluding hydrogens is 396 g/mol. The number of thioether (sulfide) groups is 1. The van der Waals surface area contributed by atoms with Crippen LogP contribution in [0.1, 0.15) is 37.5 Å². The van der Waals surface area contributed by atoms with E-state index in [2.05, 4.69) is 10.3 Å². The highest BCUT2D eigenvalue weighted by molar-refractivity contribution is 8.00. The molecule has 0 saturated heterocycles. The molecular formula is C24H24N2O3S. The van der Waals surface area contributed by atoms with Crippen molar-refractivity contribution >= 4 is 29.1 Å². The monoisotopic (exact) mass is 420 g/mol. The summed E-state index contributed by atoms with van der Waals surface area (Å²) in [5.74, 6) is 0.620. The molecule has 5 nitrogen and oxygen atoms in total. The standard InChI is InChI=1S/C24H24N2O3S/c1-15-5-9-19(10-6-15)26-23(28)22-16(2)13-17(3)25-24(22)30-14-21(27)18-7-11-20(29-4)12-8-18/h5-13H,14H2,1-4H3,(H,26,28). The Labute approximate surface area is 180 Å². The third-order valence-electron chi connectivity index (χ3n) is 4.60. The lowest BCUT2D eigenvalue weighted by molar-refractivity contribution is 0.101. The molecule has 6 heteroatoms. The predicted molar refractivity (Wildman–Crippen MR) is 121 cm³/mol. The number of anilines is 1. The third-order valence-corrected chi connectivity index (χ3v) is 5.58. The van der Waals surface area contributed by atoms with E-state index in [1.807, 2.05) is 51.1 Å². The van der Waals surface area contributed by atoms with Gasteiger partial charge in [0.15, 0.2) is 5.78 Å². The molecule has 0 bridgehead atoms. The number of amides is 1. The van der Waals surface area contributed by atoms with Gasteiger partial charge in [-0.05, 0) is 68.8 Å². The van der Waals surface area contributed by atoms with Crippen LogP contribution in [0, 0.1) is 20.8 Å². The maximum Gasteiger partial charge on any atom is 0.258 e. The number of ether oxygens (including phenoxy) is 1. The first-order valence-corrected chi connectivity index (χ1v) is 10.5. The van der Waals surface area contributed by atoms with Crippen molar-refractivity contribution in [2.45, 2.75) is 25.8 Å². The van der Waals surface area contributed by atoms with Crippen molar-refractivity contribution < 1.29 is 14.3 Å². The lowest BCUT2D eigenvalue weighted by Crippen LogP contribution is -2.16. The van der Waals surface area contributed by atoms with E-state index in [1.165, 1.54) is 11.8 Å². The van der Waals surface area contributed by atoms with Gasteiger partial charge in [-0.3, -0.25) is 9.59 Å². The summed E-state index contributed by atoms with van der Waals surface area (Å²) in [5.41, 5.74) is 4.56. The Kier molecular flexibility index (Phi) is 6.90. The molecule has 1 amide bonds. The van der Waals surface area contributed by atoms with E-state index in [1.54, 1.807) is 31.4 Å². The van der Waals surface area contributed by atoms with Gasteiger partial charge in [-0.1, -0.05) is 29.5 Å². The van der Waals surface area contributed by atoms with Gasteiger partial charge in [0.05, 0.1) is 18.4 Å². The number of carbonyl (C=O) groups is 2. The molecule has 0 saturated carbocycles. The van der Waals surface area contributed by atoms with Gasteiger partial charge in [0.2, 0.25) is 0 Å². The van der Waals surface area contributed by atoms with Crippen molar-refractivity contribution in [2.24, 2.45) is 0 Å². The predicted octanol–water partition coefficient (Wildman–Crippen LogP) is 5.24. The number of benzene rings is 2. The number of aromatic nitrogens is 1. The van der Waals surface area contributed by atoms with Gasteiger partial charge in [0.1, 0.15) is 10.8 Å². The van der Waals surface area contributed by atoms with Crippen LogP contribution >= 0.6 is 11.8 Å². The maximum atomic E-state index is 13.0. The van der Waals surface area contributed by atoms with Gasteiger partial charge in [-0.25, -0.2) is 4.98 Å². The summed E-state index contributed by atoms with van der Waals surface area (Å²) in [5, 5.41) is 3.48. The summed E-state index contributed by atoms with van der Waals surface area (Å²) in [7, 11) is 1.58. The Bertz CT molecular complexity index is 1060. The highest BCUT2D eigenvalue weighted by Crippen LogP contribution is 2.26. The van der Waals surface area contributed by atoms with E-state index in [9.17, 15) is 9.59 Å². The molecule has 0 fully saturated rings. The zero-order chi connectivity index (χ0) is 21.7. The van der Waals surface area contributed by atoms with Crippen LogP contribution in [0.4, 0.5) is 5.69 Å². The highest BCUT2D eigenvalue weighted by atomic mass is 32.2. The van der Waals surface area contributed by atoms with Crippen LogP contribution in [0.3, 0.4) is 0 Å². The number of Topliss-reactive ketones (excluding diaryl/α,β-unsaturated/α-hetero) is 1. The molecule has 1 heterocycles. The van der Waals surface area contributed by atoms with E-state index < -0.39 is 0 Å². The molecule has 0 aliphatic rings. The summed E-state index contributed by atoms with van der Waals surface area (Å²) in [4.78, 5) is 30.1. The Morgan fingerprint density at radius 2 is 1.67 bits per heavy atom. The molecule has 0 atom stereocenters. The van der Waals surface area contributed by atoms with Crippen molar-refractivity contribution in [3.05, 3.63) is 82.5 Å². The van der Waals surface area contributed by atoms with E-state index >= 15 is 0 Å². The average molecular weight is 421 g/mol. The summed E-state index contributed by atoms with van der Waals surface area (Å²) in [6, 6.07) is 16.5. The van der Waals surface area contributed by atoms with Gasteiger partial charge in [-0.2, -0.15) is 0 Å². The number of nitrogens with zero attached hydrogens (tertiary/aromatic N) is 1. The quantitative estimate of drug-likeness (QED) is 0.418. The minimum atomic E-state index is -0.233. The summed E-state index contributed by atoms with van der Waals surface area (Å²) in [6.07, 6.45) is 0. The van der Waals surface area contributed by atoms with Crippen molar-refractivity contribution in [1.29, 1.82) is 0 Å². The van der Waals surface area contributed by atoms with Crippen molar-refractivity contribution in [2.75, 3.05) is 18.2 Å². The number of rotatable bonds is 7. The van der Waals surface area contributed by atoms with Crippen LogP contribution in [-0.4, -0.2) is 29.5 Å². The molecule has 0 aliphatic heterocycles. The van der Waals surface area contributed by atoms with Gasteiger partial charge in [0, 0.05) is 16.9 Å². The molecule has 3 rings (SSSR count). The van der Waals surface area contributed by atoms with Gasteiger partial charge < -0.3 is 10.1 Å². The number of pyridine rings is 1. The molecule has 0 aliphatic carbocycles. The van der Waals surface area contributed by atoms with E-state index in [-0.39, 0.29) is 17.4 Å². The molecule has 30 heavy (non-hydrogen) atoms. The smallest absolute Gasteiger partial charge is 0.258 e. The van der Waals surface area contributed by atoms with Gasteiger partial charge >= 0.3 is 0 Å². The Morgan fingerprint density at radius 1 is 1.00 bits per heavy atom. The van der Waals surface area contributed by atoms with E-state index in [0.29, 0.717) is 21.9 Å². The minimum Gasteiger partial charge on any atom is -0.497 e. The van der Waals surface area contributed by atoms with Crippen LogP contribution in [0.15, 0.2) is 59.6 Å². The van der Waals surface area contributed by atoms with E-state index in [4.69, 9.17) is 4.74 Å². The first kappa shape index (κ1) is 21.6. The fourth-order valence-corrected chi connectivity index (χ4v) is 4.05. The molecule has 1 aromatic heterocycles. The van der Waals surface area contributed by atoms with Crippen molar-refractivity contribution in [1.82, 2.24) is 4.98 Å². The van der Waals surface area contributed by atoms with Gasteiger partial charge in [0.25, 0.3) is 5.91 Å². The lowest BCUT2D eigenvalue weighted by atomic mass is 10.1. The molecule has 154 valence electrons. The number of methoxy groups -OCH3 is 1. The Hall–Kier alpha value is -3.12. The Balaban J connectivity index is 1.79. The zero-order valence-corrected chi connectivity index (χ0v) is 18.3. The second-order valence-electron chi connectivity index (χ2n) is 7.02. The molecule has 3 aromatic rings. The maximum absolute atomic E-state index is 13.0. The summed E-state index contributed by atoms with van der Waals surface area (Å²) in [6.45, 7) is 5.76. The van der Waals surface area contributed by atoms with Crippen LogP contribution in [0.25, 0.3) is 0 Å². The van der Waals surface area contributed by atoms with Crippen LogP contribution < -0.4 is 10.1 Å². The molecule has 1 N–H and O–H groups in total. The minimum absolute atomic E-state index is 0.0338. The lowest BCUT2D eigenvalue weighted by Gasteiger charge is -2.13. The number of carbonyl (C=O) groups excluding carboxylic acids is 2. The van der Waals surface area contributed by atoms with Crippen LogP contribution in [0.2, 0.25) is 0 Å². The normalized spacial score (nSPS) is 10.5. The van der Waals surface area contributed by atoms with Gasteiger partial charge in [-0.15, -0.1) is 0 Å². The zero-order valence-electron chi connectivity index (χ0n) is 17.5. The van der Waals surface area contributed by atoms with E-state index in [0.717, 1.165) is 22.5 Å². The van der Waals surface area contributed by atoms with Crippen LogP contribution in [-0.2, 0) is 0 Å². The first-order valence-electron chi connectivity index (χ1n) is 9.53. The second-order valence-corrected chi connectivity index (χ2v) is 7.99. The molecule has 0 spiro atoms. The first-order chi connectivity index (χ1) is 14.4. The summed E-state index contributed by atoms with van der Waals surface area (Å²) >= 11 is 1.28. The number of hydrogen-bond donors (Lipinski definition) is 1. The summed E-state index contributed by atoms with van der Waals surface area (Å²) < 4.78 is 5.13. The highest BCUT2D eigenvalue weighted by Gasteiger charge is 2.19. The van der Waals surface area contributed by atoms with Crippen LogP contribution in [0.5, 0.6) is 5.75 Å². The second kappa shape index (κ2) is 9.59. The fraction of sp³-hybridized carbons (Fsp3) is 0.208. The van der Waals surface area contributed by atoms with Crippen molar-refractivity contribution in [3.8, 4) is 5.75 Å². The fourth-order valence-electron chi connectivity index (χ4n) is 3.01. The third kappa shape index (κ3) is 5.27. The average Bonchev–Trinajstić information content (AvgIpc) is 2.73. The number of nitrogens with one attached hydrogen (secondary N) is 1. The molecule has 0 radical (unpaired) electrons. The number of aryl methyl sites for hydroxylation is 3. The SMILES string of the molecule is COc1ccc(C(=O)CSc2nc(C)cc(C)c2C(=O)Nc2ccc(C)cc2)cc1. The molecule has 0 unspecified atom stereocenters.